The number of nitrogens with one attached hydrogen (secondary N) is 1. The Morgan fingerprint density at radius 2 is 2.25 bits per heavy atom. The first kappa shape index (κ1) is 13.1. The summed E-state index contributed by atoms with van der Waals surface area (Å²) in [6.45, 7) is 8.20. The van der Waals surface area contributed by atoms with Crippen LogP contribution in [0.25, 0.3) is 0 Å². The molecule has 1 aromatic heterocycles. The molecule has 0 unspecified atom stereocenters. The number of aryl methyl sites for hydroxylation is 1. The van der Waals surface area contributed by atoms with Gasteiger partial charge in [-0.3, -0.25) is 0 Å². The number of tetrazole rings is 1. The first-order valence-electron chi connectivity index (χ1n) is 5.92. The maximum atomic E-state index is 5.27. The van der Waals surface area contributed by atoms with Crippen molar-refractivity contribution in [1.82, 2.24) is 25.5 Å². The molecule has 6 nitrogen and oxygen atoms in total. The Kier molecular flexibility index (Phi) is 6.67. The molecule has 92 valence electrons. The van der Waals surface area contributed by atoms with Crippen LogP contribution in [0.1, 0.15) is 32.5 Å². The molecule has 6 heteroatoms. The summed E-state index contributed by atoms with van der Waals surface area (Å²) >= 11 is 0. The van der Waals surface area contributed by atoms with Gasteiger partial charge in [0.25, 0.3) is 0 Å². The predicted molar refractivity (Wildman–Crippen MR) is 60.9 cm³/mol. The molecule has 1 N–H and O–H groups in total. The number of aromatic nitrogens is 4. The van der Waals surface area contributed by atoms with Crippen LogP contribution in [0.2, 0.25) is 0 Å². The Labute approximate surface area is 96.4 Å². The molecule has 0 fully saturated rings. The van der Waals surface area contributed by atoms with Gasteiger partial charge in [-0.1, -0.05) is 6.92 Å². The molecular formula is C10H21N5O. The lowest BCUT2D eigenvalue weighted by Crippen LogP contribution is -2.18. The molecule has 0 atom stereocenters. The third-order valence-electron chi connectivity index (χ3n) is 2.18. The van der Waals surface area contributed by atoms with Crippen LogP contribution in [0.15, 0.2) is 0 Å². The van der Waals surface area contributed by atoms with E-state index in [-0.39, 0.29) is 0 Å². The molecule has 1 aromatic rings. The highest BCUT2D eigenvalue weighted by Crippen LogP contribution is 1.95. The number of rotatable bonds is 9. The summed E-state index contributed by atoms with van der Waals surface area (Å²) in [5.41, 5.74) is 0. The first-order chi connectivity index (χ1) is 7.88. The Morgan fingerprint density at radius 3 is 3.00 bits per heavy atom. The first-order valence-corrected chi connectivity index (χ1v) is 5.92. The normalized spacial score (nSPS) is 10.9. The van der Waals surface area contributed by atoms with Gasteiger partial charge < -0.3 is 10.1 Å². The average molecular weight is 227 g/mol. The summed E-state index contributed by atoms with van der Waals surface area (Å²) in [5.74, 6) is 0.893. The summed E-state index contributed by atoms with van der Waals surface area (Å²) in [4.78, 5) is 0. The number of hydrogen-bond acceptors (Lipinski definition) is 5. The molecule has 0 saturated heterocycles. The smallest absolute Gasteiger partial charge is 0.165 e. The molecule has 0 spiro atoms. The van der Waals surface area contributed by atoms with Crippen molar-refractivity contribution in [3.8, 4) is 0 Å². The third kappa shape index (κ3) is 4.67. The van der Waals surface area contributed by atoms with Gasteiger partial charge in [0.2, 0.25) is 0 Å². The second-order valence-corrected chi connectivity index (χ2v) is 3.55. The van der Waals surface area contributed by atoms with Gasteiger partial charge in [0.05, 0.1) is 6.54 Å². The molecular weight excluding hydrogens is 206 g/mol. The van der Waals surface area contributed by atoms with Crippen LogP contribution < -0.4 is 5.32 Å². The molecule has 0 saturated carbocycles. The van der Waals surface area contributed by atoms with Crippen molar-refractivity contribution < 1.29 is 4.74 Å². The fourth-order valence-electron chi connectivity index (χ4n) is 1.36. The Morgan fingerprint density at radius 1 is 1.38 bits per heavy atom. The monoisotopic (exact) mass is 227 g/mol. The van der Waals surface area contributed by atoms with Gasteiger partial charge in [0.1, 0.15) is 0 Å². The van der Waals surface area contributed by atoms with E-state index in [0.29, 0.717) is 0 Å². The molecule has 0 amide bonds. The molecule has 0 bridgehead atoms. The van der Waals surface area contributed by atoms with E-state index < -0.39 is 0 Å². The molecule has 1 rings (SSSR count). The topological polar surface area (TPSA) is 64.9 Å². The minimum absolute atomic E-state index is 0.732. The highest BCUT2D eigenvalue weighted by Gasteiger charge is 2.04. The van der Waals surface area contributed by atoms with Crippen LogP contribution in [0, 0.1) is 0 Å². The van der Waals surface area contributed by atoms with Gasteiger partial charge in [0, 0.05) is 19.8 Å². The zero-order chi connectivity index (χ0) is 11.6. The van der Waals surface area contributed by atoms with E-state index in [4.69, 9.17) is 4.74 Å². The SMILES string of the molecule is CCCNCc1nnnn1CCCOCC. The van der Waals surface area contributed by atoms with Gasteiger partial charge in [-0.25, -0.2) is 4.68 Å². The van der Waals surface area contributed by atoms with Crippen LogP contribution in [0.5, 0.6) is 0 Å². The second kappa shape index (κ2) is 8.18. The van der Waals surface area contributed by atoms with E-state index in [1.165, 1.54) is 0 Å². The van der Waals surface area contributed by atoms with E-state index in [9.17, 15) is 0 Å². The highest BCUT2D eigenvalue weighted by atomic mass is 16.5. The maximum Gasteiger partial charge on any atom is 0.165 e. The lowest BCUT2D eigenvalue weighted by molar-refractivity contribution is 0.140. The maximum absolute atomic E-state index is 5.27. The van der Waals surface area contributed by atoms with Crippen LogP contribution in [-0.4, -0.2) is 40.0 Å². The largest absolute Gasteiger partial charge is 0.382 e. The van der Waals surface area contributed by atoms with Crippen LogP contribution in [0.4, 0.5) is 0 Å². The van der Waals surface area contributed by atoms with Crippen molar-refractivity contribution in [1.29, 1.82) is 0 Å². The zero-order valence-corrected chi connectivity index (χ0v) is 10.1. The van der Waals surface area contributed by atoms with Crippen molar-refractivity contribution in [2.75, 3.05) is 19.8 Å². The van der Waals surface area contributed by atoms with E-state index in [1.807, 2.05) is 11.6 Å². The van der Waals surface area contributed by atoms with Crippen molar-refractivity contribution in [2.45, 2.75) is 39.8 Å². The molecule has 1 heterocycles. The minimum atomic E-state index is 0.732. The number of ether oxygens (including phenoxy) is 1. The standard InChI is InChI=1S/C10H21N5O/c1-3-6-11-9-10-12-13-14-15(10)7-5-8-16-4-2/h11H,3-9H2,1-2H3. The quantitative estimate of drug-likeness (QED) is 0.626. The highest BCUT2D eigenvalue weighted by molar-refractivity contribution is 4.79. The van der Waals surface area contributed by atoms with E-state index in [0.717, 1.165) is 51.5 Å². The van der Waals surface area contributed by atoms with Crippen LogP contribution in [0.3, 0.4) is 0 Å². The lowest BCUT2D eigenvalue weighted by atomic mass is 10.4. The Bertz CT molecular complexity index is 276. The van der Waals surface area contributed by atoms with Crippen molar-refractivity contribution in [3.05, 3.63) is 5.82 Å². The van der Waals surface area contributed by atoms with E-state index >= 15 is 0 Å². The second-order valence-electron chi connectivity index (χ2n) is 3.55. The van der Waals surface area contributed by atoms with Gasteiger partial charge in [-0.2, -0.15) is 0 Å². The predicted octanol–water partition coefficient (Wildman–Crippen LogP) is 0.599. The summed E-state index contributed by atoms with van der Waals surface area (Å²) < 4.78 is 7.11. The van der Waals surface area contributed by atoms with Gasteiger partial charge in [0.15, 0.2) is 5.82 Å². The van der Waals surface area contributed by atoms with Gasteiger partial charge >= 0.3 is 0 Å². The fourth-order valence-corrected chi connectivity index (χ4v) is 1.36. The summed E-state index contributed by atoms with van der Waals surface area (Å²) in [7, 11) is 0. The number of hydrogen-bond donors (Lipinski definition) is 1. The summed E-state index contributed by atoms with van der Waals surface area (Å²) in [6.07, 6.45) is 2.06. The van der Waals surface area contributed by atoms with Crippen molar-refractivity contribution >= 4 is 0 Å². The molecule has 0 aliphatic carbocycles. The molecule has 0 radical (unpaired) electrons. The van der Waals surface area contributed by atoms with Crippen LogP contribution in [-0.2, 0) is 17.8 Å². The zero-order valence-electron chi connectivity index (χ0n) is 10.1. The number of nitrogens with zero attached hydrogens (tertiary/aromatic N) is 4. The average Bonchev–Trinajstić information content (AvgIpc) is 2.73. The molecule has 0 aromatic carbocycles. The fraction of sp³-hybridized carbons (Fsp3) is 0.900. The molecule has 0 aliphatic rings. The van der Waals surface area contributed by atoms with E-state index in [1.54, 1.807) is 0 Å². The van der Waals surface area contributed by atoms with Gasteiger partial charge in [-0.15, -0.1) is 5.10 Å². The summed E-state index contributed by atoms with van der Waals surface area (Å²) in [5, 5.41) is 14.9. The summed E-state index contributed by atoms with van der Waals surface area (Å²) in [6, 6.07) is 0. The molecule has 16 heavy (non-hydrogen) atoms. The Hall–Kier alpha value is -1.01. The van der Waals surface area contributed by atoms with Crippen molar-refractivity contribution in [2.24, 2.45) is 0 Å². The van der Waals surface area contributed by atoms with Crippen LogP contribution >= 0.6 is 0 Å². The molecule has 0 aliphatic heterocycles. The van der Waals surface area contributed by atoms with Gasteiger partial charge in [-0.05, 0) is 36.7 Å². The Balaban J connectivity index is 2.26. The lowest BCUT2D eigenvalue weighted by Gasteiger charge is -2.05. The minimum Gasteiger partial charge on any atom is -0.382 e. The van der Waals surface area contributed by atoms with E-state index in [2.05, 4.69) is 27.8 Å². The van der Waals surface area contributed by atoms with Crippen molar-refractivity contribution in [3.63, 3.8) is 0 Å². The third-order valence-corrected chi connectivity index (χ3v) is 2.18.